The van der Waals surface area contributed by atoms with Gasteiger partial charge >= 0.3 is 0 Å². The van der Waals surface area contributed by atoms with Crippen molar-refractivity contribution in [2.24, 2.45) is 11.8 Å². The van der Waals surface area contributed by atoms with E-state index >= 15 is 0 Å². The molecule has 0 spiro atoms. The van der Waals surface area contributed by atoms with Gasteiger partial charge < -0.3 is 19.3 Å². The summed E-state index contributed by atoms with van der Waals surface area (Å²) in [6.45, 7) is 1.81. The standard InChI is InChI=1S/C37H50ClN5O8S2/c1-40(2)53(48,49)43-20-18-41(19-21-43)37(45)35-10-5-4-9-33(50-3)31-15-12-28(31)24-42-17-7-6-8-26-22-30(38)14-11-29(26)25-51-34-16-13-27(23-32(34)42)36(44)39-52(35,46)47/h4,9,11,13-14,16,22-23,28,31,33,35H,5-8,10,12,15,17-21,24-25H2,1-3H3,(H,39,44)/b9-4+/t28-,31+,33-,35+/m0/s1. The number of rotatable bonds is 4. The first-order valence-corrected chi connectivity index (χ1v) is 21.6. The second-order valence-corrected chi connectivity index (χ2v) is 18.9. The number of benzene rings is 2. The molecule has 53 heavy (non-hydrogen) atoms. The van der Waals surface area contributed by atoms with Crippen molar-refractivity contribution in [1.29, 1.82) is 0 Å². The van der Waals surface area contributed by atoms with Crippen LogP contribution in [0.4, 0.5) is 5.69 Å². The number of nitrogens with zero attached hydrogens (tertiary/aromatic N) is 4. The molecule has 1 aliphatic carbocycles. The van der Waals surface area contributed by atoms with Gasteiger partial charge in [0, 0.05) is 71.1 Å². The lowest BCUT2D eigenvalue weighted by Crippen LogP contribution is -2.56. The highest BCUT2D eigenvalue weighted by Gasteiger charge is 2.40. The highest BCUT2D eigenvalue weighted by atomic mass is 35.5. The molecule has 1 saturated carbocycles. The number of nitrogens with one attached hydrogen (secondary N) is 1. The number of fused-ring (bicyclic) bond motifs is 3. The Kier molecular flexibility index (Phi) is 12.4. The number of amides is 2. The molecular formula is C37H50ClN5O8S2. The highest BCUT2D eigenvalue weighted by Crippen LogP contribution is 2.41. The molecule has 13 nitrogen and oxygen atoms in total. The van der Waals surface area contributed by atoms with Crippen molar-refractivity contribution in [3.63, 3.8) is 0 Å². The normalized spacial score (nSPS) is 26.5. The summed E-state index contributed by atoms with van der Waals surface area (Å²) in [7, 11) is -3.68. The molecule has 1 N–H and O–H groups in total. The van der Waals surface area contributed by atoms with Gasteiger partial charge in [-0.3, -0.25) is 9.59 Å². The fraction of sp³-hybridized carbons (Fsp3) is 0.568. The van der Waals surface area contributed by atoms with E-state index in [0.717, 1.165) is 54.1 Å². The Labute approximate surface area is 318 Å². The minimum atomic E-state index is -4.53. The smallest absolute Gasteiger partial charge is 0.281 e. The molecule has 3 aliphatic heterocycles. The van der Waals surface area contributed by atoms with Crippen molar-refractivity contribution in [2.75, 3.05) is 65.4 Å². The summed E-state index contributed by atoms with van der Waals surface area (Å²) in [5.41, 5.74) is 3.00. The first-order valence-electron chi connectivity index (χ1n) is 18.3. The summed E-state index contributed by atoms with van der Waals surface area (Å²) in [6.07, 6.45) is 8.47. The van der Waals surface area contributed by atoms with Crippen molar-refractivity contribution in [2.45, 2.75) is 62.9 Å². The Bertz CT molecular complexity index is 1920. The third-order valence-electron chi connectivity index (χ3n) is 11.0. The highest BCUT2D eigenvalue weighted by molar-refractivity contribution is 7.91. The van der Waals surface area contributed by atoms with Gasteiger partial charge in [-0.15, -0.1) is 0 Å². The fourth-order valence-corrected chi connectivity index (χ4v) is 10.4. The van der Waals surface area contributed by atoms with Gasteiger partial charge in [0.05, 0.1) is 11.8 Å². The Balaban J connectivity index is 1.32. The molecular weight excluding hydrogens is 742 g/mol. The second-order valence-electron chi connectivity index (χ2n) is 14.5. The van der Waals surface area contributed by atoms with Gasteiger partial charge in [0.2, 0.25) is 15.9 Å². The maximum absolute atomic E-state index is 14.0. The summed E-state index contributed by atoms with van der Waals surface area (Å²) in [5.74, 6) is -0.387. The lowest BCUT2D eigenvalue weighted by Gasteiger charge is -2.43. The predicted molar refractivity (Wildman–Crippen MR) is 204 cm³/mol. The van der Waals surface area contributed by atoms with Gasteiger partial charge in [-0.25, -0.2) is 13.1 Å². The number of hydrogen-bond donors (Lipinski definition) is 1. The quantitative estimate of drug-likeness (QED) is 0.457. The number of piperazine rings is 1. The Morgan fingerprint density at radius 3 is 2.47 bits per heavy atom. The largest absolute Gasteiger partial charge is 0.487 e. The van der Waals surface area contributed by atoms with E-state index in [2.05, 4.69) is 9.62 Å². The maximum Gasteiger partial charge on any atom is 0.281 e. The average molecular weight is 792 g/mol. The molecule has 4 atom stereocenters. The SMILES string of the molecule is CO[C@H]1/C=C/CC[C@H](C(=O)N2CCN(S(=O)(=O)N(C)C)CC2)S(=O)(=O)NC(=O)c2ccc3c(c2)N(CCCCc2cc(Cl)ccc2CO3)C[C@@H]2CC[C@H]21. The number of allylic oxidation sites excluding steroid dienone is 1. The van der Waals surface area contributed by atoms with E-state index in [4.69, 9.17) is 21.1 Å². The van der Waals surface area contributed by atoms with Crippen molar-refractivity contribution >= 4 is 49.3 Å². The topological polar surface area (TPSA) is 146 Å². The van der Waals surface area contributed by atoms with Crippen LogP contribution in [0.1, 0.15) is 60.0 Å². The van der Waals surface area contributed by atoms with Gasteiger partial charge in [0.1, 0.15) is 12.4 Å². The van der Waals surface area contributed by atoms with Crippen molar-refractivity contribution in [3.05, 3.63) is 70.3 Å². The number of ether oxygens (including phenoxy) is 2. The fourth-order valence-electron chi connectivity index (χ4n) is 7.74. The Hall–Kier alpha value is -3.21. The molecule has 2 aromatic rings. The van der Waals surface area contributed by atoms with Crippen molar-refractivity contribution < 1.29 is 35.9 Å². The van der Waals surface area contributed by atoms with Crippen LogP contribution >= 0.6 is 11.6 Å². The molecule has 0 unspecified atom stereocenters. The average Bonchev–Trinajstić information content (AvgIpc) is 3.14. The summed E-state index contributed by atoms with van der Waals surface area (Å²) in [5, 5.41) is -0.901. The summed E-state index contributed by atoms with van der Waals surface area (Å²) < 4.78 is 70.3. The predicted octanol–water partition coefficient (Wildman–Crippen LogP) is 3.83. The van der Waals surface area contributed by atoms with Gasteiger partial charge in [-0.05, 0) is 98.2 Å². The number of halogens is 1. The molecule has 2 amide bonds. The molecule has 2 aromatic carbocycles. The third-order valence-corrected chi connectivity index (χ3v) is 14.8. The lowest BCUT2D eigenvalue weighted by atomic mass is 9.70. The van der Waals surface area contributed by atoms with Crippen LogP contribution in [0.2, 0.25) is 5.02 Å². The molecule has 6 rings (SSSR count). The molecule has 0 radical (unpaired) electrons. The van der Waals surface area contributed by atoms with Crippen LogP contribution in [0, 0.1) is 11.8 Å². The lowest BCUT2D eigenvalue weighted by molar-refractivity contribution is -0.132. The molecule has 2 fully saturated rings. The number of methoxy groups -OCH3 is 1. The molecule has 3 heterocycles. The van der Waals surface area contributed by atoms with Crippen molar-refractivity contribution in [1.82, 2.24) is 18.2 Å². The zero-order valence-electron chi connectivity index (χ0n) is 30.6. The number of carbonyl (C=O) groups is 2. The molecule has 4 aliphatic rings. The van der Waals surface area contributed by atoms with E-state index in [1.165, 1.54) is 23.3 Å². The molecule has 1 saturated heterocycles. The zero-order valence-corrected chi connectivity index (χ0v) is 33.0. The first kappa shape index (κ1) is 39.5. The van der Waals surface area contributed by atoms with Crippen LogP contribution in [0.3, 0.4) is 0 Å². The van der Waals surface area contributed by atoms with Crippen LogP contribution in [-0.2, 0) is 42.8 Å². The van der Waals surface area contributed by atoms with Gasteiger partial charge in [-0.2, -0.15) is 17.0 Å². The minimum absolute atomic E-state index is 0.0225. The summed E-state index contributed by atoms with van der Waals surface area (Å²) in [6, 6.07) is 10.8. The number of sulfonamides is 1. The van der Waals surface area contributed by atoms with Gasteiger partial charge in [0.25, 0.3) is 16.1 Å². The number of aryl methyl sites for hydroxylation is 1. The molecule has 0 aromatic heterocycles. The monoisotopic (exact) mass is 791 g/mol. The van der Waals surface area contributed by atoms with Crippen LogP contribution in [0.15, 0.2) is 48.6 Å². The number of anilines is 1. The molecule has 290 valence electrons. The Morgan fingerprint density at radius 2 is 1.77 bits per heavy atom. The summed E-state index contributed by atoms with van der Waals surface area (Å²) >= 11 is 6.35. The van der Waals surface area contributed by atoms with Crippen LogP contribution in [0.5, 0.6) is 5.75 Å². The van der Waals surface area contributed by atoms with Crippen LogP contribution in [0.25, 0.3) is 0 Å². The minimum Gasteiger partial charge on any atom is -0.487 e. The second kappa shape index (κ2) is 16.7. The maximum atomic E-state index is 14.0. The first-order chi connectivity index (χ1) is 25.3. The summed E-state index contributed by atoms with van der Waals surface area (Å²) in [4.78, 5) is 31.4. The van der Waals surface area contributed by atoms with E-state index < -0.39 is 37.3 Å². The Morgan fingerprint density at radius 1 is 1.00 bits per heavy atom. The van der Waals surface area contributed by atoms with Gasteiger partial charge in [-0.1, -0.05) is 29.8 Å². The molecule has 16 heteroatoms. The van der Waals surface area contributed by atoms with Crippen molar-refractivity contribution in [3.8, 4) is 5.75 Å². The van der Waals surface area contributed by atoms with E-state index in [0.29, 0.717) is 35.5 Å². The molecule has 2 bridgehead atoms. The van der Waals surface area contributed by atoms with E-state index in [1.54, 1.807) is 25.3 Å². The number of carbonyl (C=O) groups excluding carboxylic acids is 2. The number of hydrogen-bond acceptors (Lipinski definition) is 9. The van der Waals surface area contributed by atoms with Crippen LogP contribution in [-0.4, -0.2) is 114 Å². The van der Waals surface area contributed by atoms with E-state index in [1.807, 2.05) is 30.4 Å². The third kappa shape index (κ3) is 8.86. The van der Waals surface area contributed by atoms with Gasteiger partial charge in [0.15, 0.2) is 5.25 Å². The van der Waals surface area contributed by atoms with E-state index in [-0.39, 0.29) is 56.6 Å². The van der Waals surface area contributed by atoms with E-state index in [9.17, 15) is 26.4 Å². The van der Waals surface area contributed by atoms with Crippen LogP contribution < -0.4 is 14.4 Å². The zero-order chi connectivity index (χ0) is 37.9.